The van der Waals surface area contributed by atoms with Gasteiger partial charge in [0.15, 0.2) is 17.5 Å². The lowest BCUT2D eigenvalue weighted by molar-refractivity contribution is 0.339. The summed E-state index contributed by atoms with van der Waals surface area (Å²) >= 11 is 1.76. The van der Waals surface area contributed by atoms with Gasteiger partial charge in [0.1, 0.15) is 0 Å². The van der Waals surface area contributed by atoms with Crippen molar-refractivity contribution in [1.29, 1.82) is 0 Å². The summed E-state index contributed by atoms with van der Waals surface area (Å²) in [5.41, 5.74) is 0.917. The summed E-state index contributed by atoms with van der Waals surface area (Å²) in [4.78, 5) is 5.59. The molecule has 1 atom stereocenters. The fraction of sp³-hybridized carbons (Fsp3) is 0.389. The number of methoxy groups -OCH3 is 2. The Bertz CT molecular complexity index is 677. The van der Waals surface area contributed by atoms with Crippen molar-refractivity contribution < 1.29 is 14.6 Å². The third-order valence-corrected chi connectivity index (χ3v) is 4.93. The molecule has 1 aromatic heterocycles. The highest BCUT2D eigenvalue weighted by atomic mass is 32.1. The lowest BCUT2D eigenvalue weighted by atomic mass is 10.1. The summed E-state index contributed by atoms with van der Waals surface area (Å²) < 4.78 is 10.4. The van der Waals surface area contributed by atoms with Crippen molar-refractivity contribution in [2.24, 2.45) is 4.99 Å². The van der Waals surface area contributed by atoms with Gasteiger partial charge in [0, 0.05) is 30.9 Å². The topological polar surface area (TPSA) is 75.1 Å². The highest BCUT2D eigenvalue weighted by Crippen LogP contribution is 2.36. The van der Waals surface area contributed by atoms with Crippen LogP contribution in [-0.2, 0) is 6.54 Å². The van der Waals surface area contributed by atoms with E-state index in [1.165, 1.54) is 19.1 Å². The van der Waals surface area contributed by atoms with Gasteiger partial charge in [0.05, 0.1) is 14.2 Å². The summed E-state index contributed by atoms with van der Waals surface area (Å²) in [5.74, 6) is 1.89. The van der Waals surface area contributed by atoms with Crippen molar-refractivity contribution in [2.75, 3.05) is 27.8 Å². The lowest BCUT2D eigenvalue weighted by Crippen LogP contribution is -2.38. The van der Waals surface area contributed by atoms with E-state index in [1.54, 1.807) is 30.5 Å². The summed E-state index contributed by atoms with van der Waals surface area (Å²) in [5, 5.41) is 18.6. The number of thiophene rings is 1. The molecule has 1 heterocycles. The van der Waals surface area contributed by atoms with Crippen LogP contribution in [0.25, 0.3) is 0 Å². The zero-order valence-electron chi connectivity index (χ0n) is 15.0. The summed E-state index contributed by atoms with van der Waals surface area (Å²) in [6, 6.07) is 7.75. The molecule has 0 fully saturated rings. The highest BCUT2D eigenvalue weighted by Gasteiger charge is 2.12. The first-order valence-electron chi connectivity index (χ1n) is 8.00. The van der Waals surface area contributed by atoms with Crippen LogP contribution >= 0.6 is 11.3 Å². The second kappa shape index (κ2) is 9.17. The number of aromatic hydroxyl groups is 1. The van der Waals surface area contributed by atoms with E-state index in [0.29, 0.717) is 24.0 Å². The minimum absolute atomic E-state index is 0.000953. The van der Waals surface area contributed by atoms with E-state index in [9.17, 15) is 5.11 Å². The van der Waals surface area contributed by atoms with Gasteiger partial charge in [-0.15, -0.1) is 11.3 Å². The fourth-order valence-corrected chi connectivity index (χ4v) is 3.17. The predicted molar refractivity (Wildman–Crippen MR) is 102 cm³/mol. The van der Waals surface area contributed by atoms with Gasteiger partial charge in [0.25, 0.3) is 0 Å². The number of benzene rings is 1. The summed E-state index contributed by atoms with van der Waals surface area (Å²) in [6.07, 6.45) is 0. The van der Waals surface area contributed by atoms with Crippen LogP contribution in [0.1, 0.15) is 23.3 Å². The molecule has 0 aliphatic rings. The van der Waals surface area contributed by atoms with Gasteiger partial charge < -0.3 is 25.2 Å². The number of phenolic OH excluding ortho intramolecular Hbond substituents is 1. The van der Waals surface area contributed by atoms with Gasteiger partial charge in [-0.1, -0.05) is 13.0 Å². The highest BCUT2D eigenvalue weighted by molar-refractivity contribution is 7.10. The number of guanidine groups is 1. The van der Waals surface area contributed by atoms with Gasteiger partial charge in [0.2, 0.25) is 5.75 Å². The molecule has 1 unspecified atom stereocenters. The van der Waals surface area contributed by atoms with Crippen molar-refractivity contribution in [1.82, 2.24) is 10.6 Å². The molecule has 0 radical (unpaired) electrons. The van der Waals surface area contributed by atoms with Gasteiger partial charge >= 0.3 is 0 Å². The first-order valence-corrected chi connectivity index (χ1v) is 8.88. The molecule has 7 heteroatoms. The number of rotatable bonds is 7. The third kappa shape index (κ3) is 5.03. The first kappa shape index (κ1) is 18.9. The van der Waals surface area contributed by atoms with Crippen molar-refractivity contribution in [3.63, 3.8) is 0 Å². The van der Waals surface area contributed by atoms with Crippen LogP contribution in [0.4, 0.5) is 0 Å². The SMILES string of the molecule is CN=C(NCc1cc(OC)c(O)c(OC)c1)NCC(C)c1cccs1. The number of hydrogen-bond donors (Lipinski definition) is 3. The molecule has 0 saturated heterocycles. The minimum Gasteiger partial charge on any atom is -0.502 e. The maximum absolute atomic E-state index is 9.97. The number of hydrogen-bond acceptors (Lipinski definition) is 5. The molecule has 6 nitrogen and oxygen atoms in total. The predicted octanol–water partition coefficient (Wildman–Crippen LogP) is 2.94. The van der Waals surface area contributed by atoms with Crippen molar-refractivity contribution in [2.45, 2.75) is 19.4 Å². The fourth-order valence-electron chi connectivity index (χ4n) is 2.38. The maximum Gasteiger partial charge on any atom is 0.200 e. The lowest BCUT2D eigenvalue weighted by Gasteiger charge is -2.16. The van der Waals surface area contributed by atoms with Crippen LogP contribution in [0.3, 0.4) is 0 Å². The molecular weight excluding hydrogens is 338 g/mol. The van der Waals surface area contributed by atoms with E-state index in [1.807, 2.05) is 0 Å². The Hall–Kier alpha value is -2.41. The van der Waals surface area contributed by atoms with Crippen LogP contribution in [0, 0.1) is 0 Å². The van der Waals surface area contributed by atoms with Crippen molar-refractivity contribution in [3.05, 3.63) is 40.1 Å². The number of nitrogens with zero attached hydrogens (tertiary/aromatic N) is 1. The van der Waals surface area contributed by atoms with Crippen LogP contribution in [0.2, 0.25) is 0 Å². The Balaban J connectivity index is 1.94. The second-order valence-corrected chi connectivity index (χ2v) is 6.55. The van der Waals surface area contributed by atoms with E-state index in [4.69, 9.17) is 9.47 Å². The average Bonchev–Trinajstić information content (AvgIpc) is 3.17. The number of phenols is 1. The zero-order chi connectivity index (χ0) is 18.2. The van der Waals surface area contributed by atoms with Crippen molar-refractivity contribution >= 4 is 17.3 Å². The monoisotopic (exact) mass is 363 g/mol. The molecule has 3 N–H and O–H groups in total. The van der Waals surface area contributed by atoms with Crippen LogP contribution in [0.15, 0.2) is 34.6 Å². The summed E-state index contributed by atoms with van der Waals surface area (Å²) in [7, 11) is 4.76. The number of nitrogens with one attached hydrogen (secondary N) is 2. The minimum atomic E-state index is 0.000953. The molecule has 1 aromatic carbocycles. The maximum atomic E-state index is 9.97. The van der Waals surface area contributed by atoms with Crippen LogP contribution in [-0.4, -0.2) is 38.9 Å². The van der Waals surface area contributed by atoms with E-state index >= 15 is 0 Å². The van der Waals surface area contributed by atoms with Gasteiger partial charge in [-0.2, -0.15) is 0 Å². The van der Waals surface area contributed by atoms with Crippen molar-refractivity contribution in [3.8, 4) is 17.2 Å². The largest absolute Gasteiger partial charge is 0.502 e. The number of ether oxygens (including phenoxy) is 2. The Kier molecular flexibility index (Phi) is 6.94. The first-order chi connectivity index (χ1) is 12.1. The Morgan fingerprint density at radius 1 is 1.24 bits per heavy atom. The molecule has 25 heavy (non-hydrogen) atoms. The quantitative estimate of drug-likeness (QED) is 0.521. The third-order valence-electron chi connectivity index (χ3n) is 3.83. The number of aliphatic imine (C=N–C) groups is 1. The summed E-state index contributed by atoms with van der Waals surface area (Å²) in [6.45, 7) is 3.50. The van der Waals surface area contributed by atoms with Gasteiger partial charge in [-0.05, 0) is 29.1 Å². The molecule has 0 spiro atoms. The van der Waals surface area contributed by atoms with E-state index in [0.717, 1.165) is 18.1 Å². The molecule has 0 aliphatic heterocycles. The molecule has 136 valence electrons. The molecule has 2 aromatic rings. The van der Waals surface area contributed by atoms with Crippen LogP contribution < -0.4 is 20.1 Å². The average molecular weight is 363 g/mol. The van der Waals surface area contributed by atoms with E-state index in [2.05, 4.69) is 40.1 Å². The molecule has 0 aliphatic carbocycles. The second-order valence-electron chi connectivity index (χ2n) is 5.57. The normalized spacial score (nSPS) is 12.6. The Labute approximate surface area is 152 Å². The van der Waals surface area contributed by atoms with Crippen LogP contribution in [0.5, 0.6) is 17.2 Å². The smallest absolute Gasteiger partial charge is 0.200 e. The Morgan fingerprint density at radius 2 is 1.92 bits per heavy atom. The van der Waals surface area contributed by atoms with Gasteiger partial charge in [-0.3, -0.25) is 4.99 Å². The standard InChI is InChI=1S/C18H25N3O3S/c1-12(16-6-5-7-25-16)10-20-18(19-2)21-11-13-8-14(23-3)17(22)15(9-13)24-4/h5-9,12,22H,10-11H2,1-4H3,(H2,19,20,21). The molecule has 0 saturated carbocycles. The molecule has 0 amide bonds. The molecule has 0 bridgehead atoms. The van der Waals surface area contributed by atoms with Gasteiger partial charge in [-0.25, -0.2) is 0 Å². The Morgan fingerprint density at radius 3 is 2.44 bits per heavy atom. The molecule has 2 rings (SSSR count). The van der Waals surface area contributed by atoms with E-state index in [-0.39, 0.29) is 5.75 Å². The zero-order valence-corrected chi connectivity index (χ0v) is 15.8. The molecular formula is C18H25N3O3S. The van der Waals surface area contributed by atoms with E-state index < -0.39 is 0 Å².